The first-order valence-corrected chi connectivity index (χ1v) is 11.0. The Labute approximate surface area is 189 Å². The van der Waals surface area contributed by atoms with Gasteiger partial charge in [0.05, 0.1) is 17.4 Å². The number of nitrogens with one attached hydrogen (secondary N) is 5. The summed E-state index contributed by atoms with van der Waals surface area (Å²) in [4.78, 5) is 42.4. The van der Waals surface area contributed by atoms with Crippen LogP contribution in [0.5, 0.6) is 0 Å². The van der Waals surface area contributed by atoms with E-state index in [0.29, 0.717) is 18.7 Å². The van der Waals surface area contributed by atoms with E-state index in [1.165, 1.54) is 10.6 Å². The lowest BCUT2D eigenvalue weighted by Crippen LogP contribution is -2.60. The maximum Gasteiger partial charge on any atom is 0.276 e. The summed E-state index contributed by atoms with van der Waals surface area (Å²) in [6.07, 6.45) is 5.14. The first-order chi connectivity index (χ1) is 15.4. The first-order valence-electron chi connectivity index (χ1n) is 10.6. The molecule has 4 heterocycles. The van der Waals surface area contributed by atoms with Gasteiger partial charge in [-0.2, -0.15) is 0 Å². The smallest absolute Gasteiger partial charge is 0.276 e. The highest BCUT2D eigenvalue weighted by Gasteiger charge is 2.43. The molecule has 0 radical (unpaired) electrons. The lowest BCUT2D eigenvalue weighted by Gasteiger charge is -2.33. The van der Waals surface area contributed by atoms with Crippen molar-refractivity contribution in [3.63, 3.8) is 0 Å². The van der Waals surface area contributed by atoms with Gasteiger partial charge in [0.15, 0.2) is 0 Å². The summed E-state index contributed by atoms with van der Waals surface area (Å²) in [6, 6.07) is 5.02. The molecule has 2 amide bonds. The minimum absolute atomic E-state index is 0.0561. The number of carbonyl (C=O) groups excluding carboxylic acids is 2. The topological polar surface area (TPSA) is 129 Å². The van der Waals surface area contributed by atoms with Crippen LogP contribution >= 0.6 is 11.6 Å². The summed E-state index contributed by atoms with van der Waals surface area (Å²) in [5, 5.41) is 15.7. The zero-order chi connectivity index (χ0) is 22.5. The van der Waals surface area contributed by atoms with Crippen molar-refractivity contribution in [1.82, 2.24) is 30.8 Å². The van der Waals surface area contributed by atoms with E-state index in [-0.39, 0.29) is 46.1 Å². The predicted octanol–water partition coefficient (Wildman–Crippen LogP) is 0.492. The lowest BCUT2D eigenvalue weighted by atomic mass is 10.0. The molecule has 0 spiro atoms. The molecule has 2 aromatic heterocycles. The Morgan fingerprint density at radius 1 is 1.28 bits per heavy atom. The molecule has 1 saturated carbocycles. The molecule has 0 bridgehead atoms. The molecular formula is C21H24ClN7O3. The van der Waals surface area contributed by atoms with Gasteiger partial charge in [-0.3, -0.25) is 34.6 Å². The first kappa shape index (κ1) is 20.9. The standard InChI is InChI=1S/C21H24ClN7O3/c1-21(12-3-2-6-23-9-12)28-19(31)17-13(22)7-14(20(32)29(17)21)26-15-8-16(25-10-24-15)27-18(30)11-4-5-11/h2-3,6-7,9,11,15-16,24-26H,4-5,8,10H2,1H3,(H,27,30)(H,28,31). The van der Waals surface area contributed by atoms with Crippen molar-refractivity contribution in [3.05, 3.63) is 57.2 Å². The van der Waals surface area contributed by atoms with Crippen LogP contribution in [0, 0.1) is 5.92 Å². The number of fused-ring (bicyclic) bond motifs is 1. The zero-order valence-corrected chi connectivity index (χ0v) is 18.2. The number of carbonyl (C=O) groups is 2. The minimum atomic E-state index is -1.12. The van der Waals surface area contributed by atoms with Crippen molar-refractivity contribution in [2.75, 3.05) is 12.0 Å². The van der Waals surface area contributed by atoms with Crippen LogP contribution in [0.3, 0.4) is 0 Å². The number of nitrogens with zero attached hydrogens (tertiary/aromatic N) is 2. The molecule has 11 heteroatoms. The van der Waals surface area contributed by atoms with Crippen molar-refractivity contribution in [3.8, 4) is 0 Å². The van der Waals surface area contributed by atoms with Gasteiger partial charge in [0.1, 0.15) is 17.0 Å². The summed E-state index contributed by atoms with van der Waals surface area (Å²) in [5.41, 5.74) is -0.474. The monoisotopic (exact) mass is 457 g/mol. The molecule has 5 N–H and O–H groups in total. The molecule has 32 heavy (non-hydrogen) atoms. The number of pyridine rings is 2. The van der Waals surface area contributed by atoms with Gasteiger partial charge in [-0.1, -0.05) is 17.7 Å². The summed E-state index contributed by atoms with van der Waals surface area (Å²) in [7, 11) is 0. The highest BCUT2D eigenvalue weighted by molar-refractivity contribution is 6.34. The van der Waals surface area contributed by atoms with Crippen molar-refractivity contribution in [1.29, 1.82) is 0 Å². The van der Waals surface area contributed by atoms with Crippen LogP contribution in [-0.4, -0.2) is 40.4 Å². The summed E-state index contributed by atoms with van der Waals surface area (Å²) in [5.74, 6) is -0.248. The van der Waals surface area contributed by atoms with Crippen molar-refractivity contribution < 1.29 is 9.59 Å². The average Bonchev–Trinajstić information content (AvgIpc) is 3.58. The Morgan fingerprint density at radius 3 is 2.78 bits per heavy atom. The molecule has 168 valence electrons. The largest absolute Gasteiger partial charge is 0.365 e. The Hall–Kier alpha value is -2.95. The van der Waals surface area contributed by atoms with Gasteiger partial charge in [-0.05, 0) is 31.9 Å². The zero-order valence-electron chi connectivity index (χ0n) is 17.4. The van der Waals surface area contributed by atoms with E-state index in [1.807, 2.05) is 0 Å². The number of aromatic nitrogens is 2. The van der Waals surface area contributed by atoms with Crippen LogP contribution in [0.15, 0.2) is 35.4 Å². The molecule has 10 nitrogen and oxygen atoms in total. The highest BCUT2D eigenvalue weighted by atomic mass is 35.5. The van der Waals surface area contributed by atoms with E-state index in [1.54, 1.807) is 31.5 Å². The lowest BCUT2D eigenvalue weighted by molar-refractivity contribution is -0.123. The molecule has 3 unspecified atom stereocenters. The molecule has 3 atom stereocenters. The van der Waals surface area contributed by atoms with Gasteiger partial charge in [0, 0.05) is 37.0 Å². The fourth-order valence-electron chi connectivity index (χ4n) is 4.26. The van der Waals surface area contributed by atoms with Crippen LogP contribution in [0.4, 0.5) is 5.69 Å². The van der Waals surface area contributed by atoms with Crippen molar-refractivity contribution >= 4 is 29.1 Å². The van der Waals surface area contributed by atoms with E-state index in [0.717, 1.165) is 12.8 Å². The second-order valence-electron chi connectivity index (χ2n) is 8.52. The van der Waals surface area contributed by atoms with E-state index in [2.05, 4.69) is 31.6 Å². The van der Waals surface area contributed by atoms with E-state index in [4.69, 9.17) is 11.6 Å². The summed E-state index contributed by atoms with van der Waals surface area (Å²) >= 11 is 6.45. The highest BCUT2D eigenvalue weighted by Crippen LogP contribution is 2.33. The SMILES string of the molecule is CC1(c2cccnc2)NC(=O)c2c(Cl)cc(NC3CC(NC(=O)C4CC4)NCN3)c(=O)n21. The van der Waals surface area contributed by atoms with Gasteiger partial charge in [0.2, 0.25) is 5.91 Å². The third-order valence-corrected chi connectivity index (χ3v) is 6.45. The fourth-order valence-corrected chi connectivity index (χ4v) is 4.54. The second kappa shape index (κ2) is 7.88. The molecule has 1 aliphatic carbocycles. The minimum Gasteiger partial charge on any atom is -0.365 e. The van der Waals surface area contributed by atoms with Gasteiger partial charge < -0.3 is 16.0 Å². The van der Waals surface area contributed by atoms with Gasteiger partial charge in [0.25, 0.3) is 11.5 Å². The Balaban J connectivity index is 1.43. The number of hydrogen-bond donors (Lipinski definition) is 5. The van der Waals surface area contributed by atoms with Gasteiger partial charge >= 0.3 is 0 Å². The number of rotatable bonds is 5. The second-order valence-corrected chi connectivity index (χ2v) is 8.92. The fraction of sp³-hybridized carbons (Fsp3) is 0.429. The summed E-state index contributed by atoms with van der Waals surface area (Å²) in [6.45, 7) is 2.20. The van der Waals surface area contributed by atoms with Crippen molar-refractivity contribution in [2.24, 2.45) is 5.92 Å². The van der Waals surface area contributed by atoms with Gasteiger partial charge in [-0.25, -0.2) is 0 Å². The van der Waals surface area contributed by atoms with Crippen LogP contribution in [0.25, 0.3) is 0 Å². The number of halogens is 1. The maximum atomic E-state index is 13.5. The predicted molar refractivity (Wildman–Crippen MR) is 118 cm³/mol. The van der Waals surface area contributed by atoms with Crippen molar-refractivity contribution in [2.45, 2.75) is 44.2 Å². The average molecular weight is 458 g/mol. The van der Waals surface area contributed by atoms with Crippen LogP contribution < -0.4 is 32.1 Å². The van der Waals surface area contributed by atoms with E-state index in [9.17, 15) is 14.4 Å². The Kier molecular flexibility index (Phi) is 5.15. The molecule has 2 fully saturated rings. The van der Waals surface area contributed by atoms with Crippen LogP contribution in [-0.2, 0) is 10.5 Å². The third-order valence-electron chi connectivity index (χ3n) is 6.16. The number of amides is 2. The van der Waals surface area contributed by atoms with Crippen LogP contribution in [0.1, 0.15) is 42.2 Å². The molecule has 3 aliphatic rings. The Morgan fingerprint density at radius 2 is 2.06 bits per heavy atom. The normalized spacial score (nSPS) is 26.9. The quantitative estimate of drug-likeness (QED) is 0.442. The maximum absolute atomic E-state index is 13.5. The molecule has 5 rings (SSSR count). The molecule has 2 aliphatic heterocycles. The van der Waals surface area contributed by atoms with Crippen LogP contribution in [0.2, 0.25) is 5.02 Å². The molecule has 1 saturated heterocycles. The van der Waals surface area contributed by atoms with E-state index >= 15 is 0 Å². The number of anilines is 1. The van der Waals surface area contributed by atoms with Gasteiger partial charge in [-0.15, -0.1) is 0 Å². The third kappa shape index (κ3) is 3.64. The molecule has 2 aromatic rings. The summed E-state index contributed by atoms with van der Waals surface area (Å²) < 4.78 is 1.38. The number of hydrogen-bond acceptors (Lipinski definition) is 7. The molecular weight excluding hydrogens is 434 g/mol. The Bertz CT molecular complexity index is 1130. The molecule has 0 aromatic carbocycles. The van der Waals surface area contributed by atoms with E-state index < -0.39 is 11.6 Å².